The highest BCUT2D eigenvalue weighted by Gasteiger charge is 2.58. The van der Waals surface area contributed by atoms with Crippen LogP contribution in [0.2, 0.25) is 0 Å². The molecule has 1 aromatic carbocycles. The predicted octanol–water partition coefficient (Wildman–Crippen LogP) is -0.314. The molecule has 1 aromatic heterocycles. The van der Waals surface area contributed by atoms with Gasteiger partial charge >= 0.3 is 0 Å². The van der Waals surface area contributed by atoms with E-state index < -0.39 is 42.6 Å². The summed E-state index contributed by atoms with van der Waals surface area (Å²) in [5.41, 5.74) is -1.31. The number of rotatable bonds is 4. The zero-order valence-corrected chi connectivity index (χ0v) is 14.4. The predicted molar refractivity (Wildman–Crippen MR) is 93.1 cm³/mol. The smallest absolute Gasteiger partial charge is 0.184 e. The summed E-state index contributed by atoms with van der Waals surface area (Å²) in [4.78, 5) is 14.8. The fourth-order valence-corrected chi connectivity index (χ4v) is 2.90. The zero-order valence-electron chi connectivity index (χ0n) is 14.4. The SMILES string of the molecule is CCCC(=O)[C@]1(O)[C@H](O)[C@@H](CO)O[C@@H](O)[C@@H]1O.c1ccc2[nH]ccc2c1. The van der Waals surface area contributed by atoms with Crippen molar-refractivity contribution in [2.75, 3.05) is 6.61 Å². The largest absolute Gasteiger partial charge is 0.394 e. The van der Waals surface area contributed by atoms with E-state index in [0.29, 0.717) is 6.42 Å². The molecule has 1 aliphatic rings. The molecule has 0 aliphatic carbocycles. The third-order valence-electron chi connectivity index (χ3n) is 4.40. The van der Waals surface area contributed by atoms with Gasteiger partial charge in [0.25, 0.3) is 0 Å². The molecule has 2 heterocycles. The summed E-state index contributed by atoms with van der Waals surface area (Å²) >= 11 is 0. The van der Waals surface area contributed by atoms with Crippen molar-refractivity contribution >= 4 is 16.7 Å². The summed E-state index contributed by atoms with van der Waals surface area (Å²) in [5, 5.41) is 48.9. The van der Waals surface area contributed by atoms with Gasteiger partial charge in [-0.3, -0.25) is 4.79 Å². The number of aromatic amines is 1. The second kappa shape index (κ2) is 8.72. The summed E-state index contributed by atoms with van der Waals surface area (Å²) in [6.45, 7) is 1.01. The number of fused-ring (bicyclic) bond motifs is 1. The zero-order chi connectivity index (χ0) is 19.3. The van der Waals surface area contributed by atoms with Crippen LogP contribution in [0.15, 0.2) is 36.5 Å². The first-order valence-electron chi connectivity index (χ1n) is 8.44. The number of H-pyrrole nitrogens is 1. The number of carbonyl (C=O) groups is 1. The Morgan fingerprint density at radius 3 is 2.50 bits per heavy atom. The number of Topliss-reactive ketones (excluding diaryl/α,β-unsaturated/α-hetero) is 1. The normalized spacial score (nSPS) is 31.3. The van der Waals surface area contributed by atoms with Crippen molar-refractivity contribution in [3.8, 4) is 0 Å². The number of benzene rings is 1. The molecule has 8 heteroatoms. The van der Waals surface area contributed by atoms with E-state index in [1.807, 2.05) is 18.3 Å². The Morgan fingerprint density at radius 1 is 1.19 bits per heavy atom. The molecule has 0 spiro atoms. The Labute approximate surface area is 150 Å². The Hall–Kier alpha value is -1.81. The number of carbonyl (C=O) groups excluding carboxylic acids is 1. The minimum atomic E-state index is -2.51. The van der Waals surface area contributed by atoms with Crippen LogP contribution in [0, 0.1) is 0 Å². The molecular weight excluding hydrogens is 342 g/mol. The highest BCUT2D eigenvalue weighted by atomic mass is 16.6. The topological polar surface area (TPSA) is 143 Å². The van der Waals surface area contributed by atoms with Crippen LogP contribution in [0.5, 0.6) is 0 Å². The number of hydrogen-bond acceptors (Lipinski definition) is 7. The fraction of sp³-hybridized carbons (Fsp3) is 0.500. The van der Waals surface area contributed by atoms with Gasteiger partial charge < -0.3 is 35.3 Å². The molecule has 0 amide bonds. The summed E-state index contributed by atoms with van der Waals surface area (Å²) in [6, 6.07) is 10.3. The number of aliphatic hydroxyl groups is 5. The third kappa shape index (κ3) is 3.96. The number of hydrogen-bond donors (Lipinski definition) is 6. The van der Waals surface area contributed by atoms with Gasteiger partial charge in [-0.15, -0.1) is 0 Å². The minimum absolute atomic E-state index is 0.0600. The van der Waals surface area contributed by atoms with E-state index in [0.717, 1.165) is 0 Å². The number of aromatic nitrogens is 1. The van der Waals surface area contributed by atoms with Gasteiger partial charge in [-0.05, 0) is 23.9 Å². The standard InChI is InChI=1S/C10H18O7.C8H7N/c1-2-3-6(12)10(16)7(13)5(4-11)17-9(15)8(10)14;1-2-4-8-7(3-1)5-6-9-8/h5,7-9,11,13-16H,2-4H2,1H3;1-6,9H/t5-,7-,8+,9-,10+;/m1./s1. The van der Waals surface area contributed by atoms with Crippen molar-refractivity contribution in [3.05, 3.63) is 36.5 Å². The van der Waals surface area contributed by atoms with Crippen LogP contribution < -0.4 is 0 Å². The van der Waals surface area contributed by atoms with Crippen LogP contribution in [0.1, 0.15) is 19.8 Å². The molecule has 2 aromatic rings. The first kappa shape index (κ1) is 20.5. The van der Waals surface area contributed by atoms with Gasteiger partial charge in [0.05, 0.1) is 6.61 Å². The molecule has 8 nitrogen and oxygen atoms in total. The lowest BCUT2D eigenvalue weighted by atomic mass is 9.79. The first-order chi connectivity index (χ1) is 12.4. The first-order valence-corrected chi connectivity index (χ1v) is 8.44. The second-order valence-corrected chi connectivity index (χ2v) is 6.20. The van der Waals surface area contributed by atoms with E-state index in [9.17, 15) is 25.2 Å². The van der Waals surface area contributed by atoms with E-state index in [-0.39, 0.29) is 6.42 Å². The van der Waals surface area contributed by atoms with Crippen LogP contribution in [-0.2, 0) is 9.53 Å². The van der Waals surface area contributed by atoms with Crippen LogP contribution in [-0.4, -0.2) is 73.1 Å². The van der Waals surface area contributed by atoms with Crippen molar-refractivity contribution < 1.29 is 35.1 Å². The molecule has 1 saturated heterocycles. The minimum Gasteiger partial charge on any atom is -0.394 e. The van der Waals surface area contributed by atoms with Gasteiger partial charge in [0.15, 0.2) is 17.7 Å². The molecule has 0 saturated carbocycles. The lowest BCUT2D eigenvalue weighted by molar-refractivity contribution is -0.311. The highest BCUT2D eigenvalue weighted by molar-refractivity contribution is 5.88. The van der Waals surface area contributed by atoms with E-state index in [4.69, 9.17) is 5.11 Å². The molecule has 0 bridgehead atoms. The number of ketones is 1. The summed E-state index contributed by atoms with van der Waals surface area (Å²) in [6.07, 6.45) is -4.58. The molecule has 5 atom stereocenters. The summed E-state index contributed by atoms with van der Waals surface area (Å²) < 4.78 is 4.68. The molecule has 6 N–H and O–H groups in total. The van der Waals surface area contributed by atoms with Crippen LogP contribution in [0.4, 0.5) is 0 Å². The van der Waals surface area contributed by atoms with Crippen LogP contribution in [0.3, 0.4) is 0 Å². The number of para-hydroxylation sites is 1. The number of aliphatic hydroxyl groups excluding tert-OH is 4. The average Bonchev–Trinajstić information content (AvgIpc) is 3.12. The Morgan fingerprint density at radius 2 is 1.88 bits per heavy atom. The molecule has 144 valence electrons. The maximum absolute atomic E-state index is 11.7. The van der Waals surface area contributed by atoms with Crippen LogP contribution in [0.25, 0.3) is 10.9 Å². The van der Waals surface area contributed by atoms with Gasteiger partial charge in [-0.1, -0.05) is 25.1 Å². The van der Waals surface area contributed by atoms with Gasteiger partial charge in [0, 0.05) is 18.1 Å². The maximum Gasteiger partial charge on any atom is 0.184 e. The molecule has 0 radical (unpaired) electrons. The molecular formula is C18H25NO7. The quantitative estimate of drug-likeness (QED) is 0.435. The number of ether oxygens (including phenoxy) is 1. The van der Waals surface area contributed by atoms with Crippen molar-refractivity contribution in [1.29, 1.82) is 0 Å². The van der Waals surface area contributed by atoms with Crippen molar-refractivity contribution in [2.24, 2.45) is 0 Å². The Kier molecular flexibility index (Phi) is 6.87. The maximum atomic E-state index is 11.7. The van der Waals surface area contributed by atoms with Gasteiger partial charge in [0.1, 0.15) is 18.3 Å². The van der Waals surface area contributed by atoms with E-state index >= 15 is 0 Å². The van der Waals surface area contributed by atoms with E-state index in [1.54, 1.807) is 6.92 Å². The lowest BCUT2D eigenvalue weighted by Gasteiger charge is -2.45. The summed E-state index contributed by atoms with van der Waals surface area (Å²) in [5.74, 6) is -0.791. The second-order valence-electron chi connectivity index (χ2n) is 6.20. The van der Waals surface area contributed by atoms with Crippen molar-refractivity contribution in [3.63, 3.8) is 0 Å². The third-order valence-corrected chi connectivity index (χ3v) is 4.40. The fourth-order valence-electron chi connectivity index (χ4n) is 2.90. The molecule has 3 rings (SSSR count). The molecule has 26 heavy (non-hydrogen) atoms. The number of nitrogens with one attached hydrogen (secondary N) is 1. The van der Waals surface area contributed by atoms with Gasteiger partial charge in [-0.2, -0.15) is 0 Å². The molecule has 1 fully saturated rings. The molecule has 0 unspecified atom stereocenters. The molecule has 1 aliphatic heterocycles. The summed E-state index contributed by atoms with van der Waals surface area (Å²) in [7, 11) is 0. The Balaban J connectivity index is 0.000000223. The van der Waals surface area contributed by atoms with Gasteiger partial charge in [-0.25, -0.2) is 0 Å². The highest BCUT2D eigenvalue weighted by Crippen LogP contribution is 2.31. The average molecular weight is 367 g/mol. The van der Waals surface area contributed by atoms with Gasteiger partial charge in [0.2, 0.25) is 0 Å². The van der Waals surface area contributed by atoms with E-state index in [1.165, 1.54) is 10.9 Å². The Bertz CT molecular complexity index is 688. The lowest BCUT2D eigenvalue weighted by Crippen LogP contribution is -2.70. The van der Waals surface area contributed by atoms with Crippen LogP contribution >= 0.6 is 0 Å². The monoisotopic (exact) mass is 367 g/mol. The van der Waals surface area contributed by atoms with Crippen molar-refractivity contribution in [1.82, 2.24) is 4.98 Å². The van der Waals surface area contributed by atoms with E-state index in [2.05, 4.69) is 27.9 Å². The van der Waals surface area contributed by atoms with Crippen molar-refractivity contribution in [2.45, 2.75) is 50.0 Å².